The number of fused-ring (bicyclic) bond motifs is 1. The summed E-state index contributed by atoms with van der Waals surface area (Å²) in [6, 6.07) is 3.56. The summed E-state index contributed by atoms with van der Waals surface area (Å²) in [6.45, 7) is 2.10. The molecule has 0 spiro atoms. The minimum absolute atomic E-state index is 0.203. The van der Waals surface area contributed by atoms with Gasteiger partial charge in [0.05, 0.1) is 12.8 Å². The van der Waals surface area contributed by atoms with Crippen molar-refractivity contribution in [1.82, 2.24) is 20.4 Å². The highest BCUT2D eigenvalue weighted by atomic mass is 16.5. The highest BCUT2D eigenvalue weighted by Gasteiger charge is 2.25. The molecular weight excluding hydrogens is 298 g/mol. The van der Waals surface area contributed by atoms with Crippen LogP contribution in [0.25, 0.3) is 11.1 Å². The maximum Gasteiger partial charge on any atom is 0.274 e. The molecule has 1 N–H and O–H groups in total. The van der Waals surface area contributed by atoms with Gasteiger partial charge < -0.3 is 19.2 Å². The van der Waals surface area contributed by atoms with Gasteiger partial charge in [-0.1, -0.05) is 5.16 Å². The Balaban J connectivity index is 1.65. The van der Waals surface area contributed by atoms with Gasteiger partial charge in [0.15, 0.2) is 5.69 Å². The number of nitrogens with one attached hydrogen (secondary N) is 1. The first-order chi connectivity index (χ1) is 11.3. The van der Waals surface area contributed by atoms with Gasteiger partial charge in [-0.2, -0.15) is 4.98 Å². The number of hydrogen-bond acceptors (Lipinski definition) is 7. The van der Waals surface area contributed by atoms with E-state index in [4.69, 9.17) is 8.94 Å². The van der Waals surface area contributed by atoms with Crippen molar-refractivity contribution < 1.29 is 13.7 Å². The number of rotatable bonds is 4. The molecule has 0 radical (unpaired) electrons. The van der Waals surface area contributed by atoms with Crippen molar-refractivity contribution in [1.29, 1.82) is 0 Å². The first kappa shape index (κ1) is 13.7. The molecule has 0 unspecified atom stereocenters. The van der Waals surface area contributed by atoms with Crippen LogP contribution in [0.15, 0.2) is 33.7 Å². The number of furan rings is 1. The van der Waals surface area contributed by atoms with Crippen LogP contribution in [-0.4, -0.2) is 34.1 Å². The summed E-state index contributed by atoms with van der Waals surface area (Å²) in [5.41, 5.74) is 0.527. The minimum atomic E-state index is -0.338. The SMILES string of the molecule is O=C(NCc1ccco1)c1noc2ncnc(N3CCCC3)c12. The predicted octanol–water partition coefficient (Wildman–Crippen LogP) is 1.74. The van der Waals surface area contributed by atoms with Gasteiger partial charge in [-0.25, -0.2) is 4.98 Å². The van der Waals surface area contributed by atoms with E-state index in [1.807, 2.05) is 0 Å². The molecule has 8 nitrogen and oxygen atoms in total. The Hall–Kier alpha value is -2.90. The van der Waals surface area contributed by atoms with E-state index in [-0.39, 0.29) is 18.1 Å². The zero-order valence-corrected chi connectivity index (χ0v) is 12.4. The summed E-state index contributed by atoms with van der Waals surface area (Å²) in [4.78, 5) is 23.0. The van der Waals surface area contributed by atoms with E-state index in [0.29, 0.717) is 22.7 Å². The molecular formula is C15H15N5O3. The highest BCUT2D eigenvalue weighted by molar-refractivity contribution is 6.07. The molecule has 23 heavy (non-hydrogen) atoms. The van der Waals surface area contributed by atoms with Crippen LogP contribution >= 0.6 is 0 Å². The quantitative estimate of drug-likeness (QED) is 0.783. The van der Waals surface area contributed by atoms with Crippen molar-refractivity contribution in [3.8, 4) is 0 Å². The second-order valence-corrected chi connectivity index (χ2v) is 5.36. The fraction of sp³-hybridized carbons (Fsp3) is 0.333. The van der Waals surface area contributed by atoms with Crippen LogP contribution in [0.1, 0.15) is 29.1 Å². The molecule has 4 heterocycles. The molecule has 1 fully saturated rings. The minimum Gasteiger partial charge on any atom is -0.467 e. The zero-order valence-electron chi connectivity index (χ0n) is 12.4. The molecule has 0 aliphatic carbocycles. The molecule has 0 saturated carbocycles. The molecule has 4 rings (SSSR count). The third-order valence-electron chi connectivity index (χ3n) is 3.88. The van der Waals surface area contributed by atoms with Crippen LogP contribution in [0.3, 0.4) is 0 Å². The van der Waals surface area contributed by atoms with E-state index in [0.717, 1.165) is 25.9 Å². The Labute approximate surface area is 131 Å². The molecule has 8 heteroatoms. The maximum atomic E-state index is 12.4. The zero-order chi connectivity index (χ0) is 15.6. The first-order valence-corrected chi connectivity index (χ1v) is 7.49. The molecule has 3 aromatic rings. The van der Waals surface area contributed by atoms with Gasteiger partial charge in [0.25, 0.3) is 11.6 Å². The lowest BCUT2D eigenvalue weighted by atomic mass is 10.2. The normalized spacial score (nSPS) is 14.5. The lowest BCUT2D eigenvalue weighted by Crippen LogP contribution is -2.24. The van der Waals surface area contributed by atoms with Crippen LogP contribution in [0.5, 0.6) is 0 Å². The van der Waals surface area contributed by atoms with Crippen LogP contribution in [-0.2, 0) is 6.54 Å². The van der Waals surface area contributed by atoms with Gasteiger partial charge in [-0.3, -0.25) is 4.79 Å². The van der Waals surface area contributed by atoms with Crippen LogP contribution in [0.4, 0.5) is 5.82 Å². The molecule has 1 aliphatic heterocycles. The van der Waals surface area contributed by atoms with Crippen molar-refractivity contribution in [2.45, 2.75) is 19.4 Å². The molecule has 0 bridgehead atoms. The molecule has 1 amide bonds. The second kappa shape index (κ2) is 5.71. The fourth-order valence-electron chi connectivity index (χ4n) is 2.76. The highest BCUT2D eigenvalue weighted by Crippen LogP contribution is 2.28. The van der Waals surface area contributed by atoms with Gasteiger partial charge in [-0.05, 0) is 25.0 Å². The summed E-state index contributed by atoms with van der Waals surface area (Å²) in [5, 5.41) is 7.21. The van der Waals surface area contributed by atoms with E-state index >= 15 is 0 Å². The van der Waals surface area contributed by atoms with E-state index in [1.165, 1.54) is 6.33 Å². The number of hydrogen-bond donors (Lipinski definition) is 1. The average molecular weight is 313 g/mol. The number of aromatic nitrogens is 3. The Bertz CT molecular complexity index is 821. The third kappa shape index (κ3) is 2.52. The number of carbonyl (C=O) groups excluding carboxylic acids is 1. The van der Waals surface area contributed by atoms with E-state index in [9.17, 15) is 4.79 Å². The largest absolute Gasteiger partial charge is 0.467 e. The molecule has 1 aliphatic rings. The van der Waals surface area contributed by atoms with Crippen LogP contribution in [0.2, 0.25) is 0 Å². The van der Waals surface area contributed by atoms with Crippen molar-refractivity contribution in [3.63, 3.8) is 0 Å². The Morgan fingerprint density at radius 1 is 1.30 bits per heavy atom. The average Bonchev–Trinajstić information content (AvgIpc) is 3.33. The smallest absolute Gasteiger partial charge is 0.274 e. The number of carbonyl (C=O) groups is 1. The van der Waals surface area contributed by atoms with Crippen LogP contribution in [0, 0.1) is 0 Å². The molecule has 118 valence electrons. The Kier molecular flexibility index (Phi) is 3.41. The molecule has 3 aromatic heterocycles. The Morgan fingerprint density at radius 3 is 2.96 bits per heavy atom. The van der Waals surface area contributed by atoms with Gasteiger partial charge in [0.2, 0.25) is 0 Å². The second-order valence-electron chi connectivity index (χ2n) is 5.36. The van der Waals surface area contributed by atoms with E-state index in [2.05, 4.69) is 25.3 Å². The number of amides is 1. The molecule has 1 saturated heterocycles. The standard InChI is InChI=1S/C15H15N5O3/c21-14(16-8-10-4-3-7-22-10)12-11-13(20-5-1-2-6-20)17-9-18-15(11)23-19-12/h3-4,7,9H,1-2,5-6,8H2,(H,16,21). The van der Waals surface area contributed by atoms with Gasteiger partial charge >= 0.3 is 0 Å². The van der Waals surface area contributed by atoms with Crippen LogP contribution < -0.4 is 10.2 Å². The lowest BCUT2D eigenvalue weighted by Gasteiger charge is -2.16. The summed E-state index contributed by atoms with van der Waals surface area (Å²) >= 11 is 0. The number of nitrogens with zero attached hydrogens (tertiary/aromatic N) is 4. The summed E-state index contributed by atoms with van der Waals surface area (Å²) < 4.78 is 10.4. The summed E-state index contributed by atoms with van der Waals surface area (Å²) in [7, 11) is 0. The number of anilines is 1. The van der Waals surface area contributed by atoms with E-state index < -0.39 is 0 Å². The van der Waals surface area contributed by atoms with Gasteiger partial charge in [-0.15, -0.1) is 0 Å². The summed E-state index contributed by atoms with van der Waals surface area (Å²) in [6.07, 6.45) is 5.21. The van der Waals surface area contributed by atoms with Crippen molar-refractivity contribution in [2.75, 3.05) is 18.0 Å². The van der Waals surface area contributed by atoms with Gasteiger partial charge in [0, 0.05) is 13.1 Å². The molecule has 0 aromatic carbocycles. The van der Waals surface area contributed by atoms with Crippen molar-refractivity contribution in [3.05, 3.63) is 36.2 Å². The maximum absolute atomic E-state index is 12.4. The third-order valence-corrected chi connectivity index (χ3v) is 3.88. The monoisotopic (exact) mass is 313 g/mol. The molecule has 0 atom stereocenters. The lowest BCUT2D eigenvalue weighted by molar-refractivity contribution is 0.0940. The fourth-order valence-corrected chi connectivity index (χ4v) is 2.76. The topological polar surface area (TPSA) is 97.3 Å². The van der Waals surface area contributed by atoms with E-state index in [1.54, 1.807) is 18.4 Å². The van der Waals surface area contributed by atoms with Gasteiger partial charge in [0.1, 0.15) is 23.3 Å². The van der Waals surface area contributed by atoms with Crippen molar-refractivity contribution in [2.24, 2.45) is 0 Å². The predicted molar refractivity (Wildman–Crippen MR) is 80.9 cm³/mol. The van der Waals surface area contributed by atoms with Crippen molar-refractivity contribution >= 4 is 22.8 Å². The first-order valence-electron chi connectivity index (χ1n) is 7.49. The summed E-state index contributed by atoms with van der Waals surface area (Å²) in [5.74, 6) is 1.04. The Morgan fingerprint density at radius 2 is 2.17 bits per heavy atom.